The van der Waals surface area contributed by atoms with Crippen molar-refractivity contribution in [3.05, 3.63) is 149 Å². The SMILES string of the molecule is CCC1OC(OC2C(C)CC(C)C(O)C2O)C(C)C(O)C1O.CCC1OC(OC2C(C)CC(C)C(OCc3ccc(OC)cc3)C2O)C(C)C(OCc2ccc(OC)cc2)C1O.CCC1OC(OC2C(C)CC(C)C(OCc3ccc(OC)cc3)C2O)C(C)C(OCc2ccc(OC)cc2)C1OCc1ccc(OC)cc1.NCC1OC(OC2C(N)CC(N)C(O)C2O)C(N)C(O)C1O. The molecule has 133 heavy (non-hydrogen) atoms. The highest BCUT2D eigenvalue weighted by molar-refractivity contribution is 5.31. The van der Waals surface area contributed by atoms with E-state index in [0.717, 1.165) is 75.8 Å². The maximum absolute atomic E-state index is 11.7. The molecule has 4 saturated heterocycles. The Morgan fingerprint density at radius 2 is 0.556 bits per heavy atom. The van der Waals surface area contributed by atoms with Gasteiger partial charge in [-0.25, -0.2) is 0 Å². The van der Waals surface area contributed by atoms with Crippen molar-refractivity contribution < 1.29 is 141 Å². The average molecular weight is 1880 g/mol. The van der Waals surface area contributed by atoms with E-state index in [0.29, 0.717) is 52.3 Å². The zero-order valence-corrected chi connectivity index (χ0v) is 80.4. The molecule has 4 heterocycles. The van der Waals surface area contributed by atoms with Gasteiger partial charge in [-0.1, -0.05) is 144 Å². The van der Waals surface area contributed by atoms with Gasteiger partial charge < -0.3 is 164 Å². The lowest BCUT2D eigenvalue weighted by atomic mass is 9.77. The molecule has 750 valence electrons. The molecule has 0 amide bonds. The van der Waals surface area contributed by atoms with Crippen LogP contribution in [0.3, 0.4) is 0 Å². The summed E-state index contributed by atoms with van der Waals surface area (Å²) in [5, 5.41) is 114. The zero-order valence-electron chi connectivity index (χ0n) is 80.4. The van der Waals surface area contributed by atoms with Gasteiger partial charge >= 0.3 is 0 Å². The molecule has 5 aromatic carbocycles. The molecule has 40 unspecified atom stereocenters. The summed E-state index contributed by atoms with van der Waals surface area (Å²) >= 11 is 0. The van der Waals surface area contributed by atoms with Gasteiger partial charge in [0.2, 0.25) is 0 Å². The van der Waals surface area contributed by atoms with Crippen LogP contribution < -0.4 is 46.6 Å². The first-order valence-electron chi connectivity index (χ1n) is 47.5. The van der Waals surface area contributed by atoms with Crippen molar-refractivity contribution in [2.24, 2.45) is 76.2 Å². The second-order valence-electron chi connectivity index (χ2n) is 37.8. The monoisotopic (exact) mass is 1880 g/mol. The van der Waals surface area contributed by atoms with Crippen molar-refractivity contribution >= 4 is 0 Å². The molecule has 33 nitrogen and oxygen atoms in total. The highest BCUT2D eigenvalue weighted by Gasteiger charge is 2.54. The summed E-state index contributed by atoms with van der Waals surface area (Å²) in [4.78, 5) is 0. The van der Waals surface area contributed by atoms with E-state index in [2.05, 4.69) is 41.5 Å². The van der Waals surface area contributed by atoms with Gasteiger partial charge in [-0.05, 0) is 169 Å². The molecule has 13 rings (SSSR count). The molecule has 4 saturated carbocycles. The Balaban J connectivity index is 0.000000195. The summed E-state index contributed by atoms with van der Waals surface area (Å²) in [5.74, 6) is 3.73. The van der Waals surface area contributed by atoms with E-state index >= 15 is 0 Å². The Bertz CT molecular complexity index is 4050. The number of nitrogens with two attached hydrogens (primary N) is 4. The van der Waals surface area contributed by atoms with E-state index in [-0.39, 0.29) is 90.8 Å². The van der Waals surface area contributed by atoms with Gasteiger partial charge in [0.15, 0.2) is 25.2 Å². The van der Waals surface area contributed by atoms with E-state index in [9.17, 15) is 56.2 Å². The van der Waals surface area contributed by atoms with Crippen LogP contribution >= 0.6 is 0 Å². The van der Waals surface area contributed by atoms with Crippen molar-refractivity contribution in [3.63, 3.8) is 0 Å². The standard InChI is InChI=1S/C40H54O9.C32H46O8.C16H30O6.C12H26N4O6/c1-8-34-39(47-24-30-13-19-33(44-7)20-14-30)38(46-23-29-11-17-32(43-6)18-12-29)27(4)40(48-34)49-37-26(3)21-25(2)36(35(37)41)45-22-28-9-15-31(42-5)16-10-28;1-7-26-27(33)31(38-18-23-10-14-25(36-6)15-11-23)21(4)32(39-26)40-30-20(3)16-19(2)29(28(30)34)37-17-22-8-12-24(35-5)13-9-22;1-5-10-13(19)12(18)9(4)16(21-10)22-15-8(3)6-7(2)11(17)14(15)20;13-2-5-8(18)9(19)6(16)12(21-5)22-11-4(15)1-3(14)7(17)10(11)20/h9-20,25-27,34-41H,8,21-24H2,1-7H3;8-15,19-21,26-34H,7,16-18H2,1-6H3;7-20H,5-6H2,1-4H3;3-12,17-20H,1-2,13-16H2. The topological polar surface area (TPSA) is 493 Å². The van der Waals surface area contributed by atoms with Crippen LogP contribution in [0, 0.1) is 53.3 Å². The summed E-state index contributed by atoms with van der Waals surface area (Å²) in [6.07, 6.45) is -16.0. The fraction of sp³-hybridized carbons (Fsp3) is 0.700. The van der Waals surface area contributed by atoms with E-state index in [1.165, 1.54) is 0 Å². The number of benzene rings is 5. The molecule has 0 radical (unpaired) electrons. The van der Waals surface area contributed by atoms with Gasteiger partial charge in [0, 0.05) is 36.4 Å². The number of aliphatic hydroxyl groups excluding tert-OH is 11. The third-order valence-corrected chi connectivity index (χ3v) is 28.0. The summed E-state index contributed by atoms with van der Waals surface area (Å²) in [5.41, 5.74) is 27.9. The minimum Gasteiger partial charge on any atom is -0.497 e. The maximum atomic E-state index is 11.7. The van der Waals surface area contributed by atoms with Crippen molar-refractivity contribution in [3.8, 4) is 28.7 Å². The molecule has 19 N–H and O–H groups in total. The largest absolute Gasteiger partial charge is 0.497 e. The van der Waals surface area contributed by atoms with Crippen LogP contribution in [-0.2, 0) is 94.6 Å². The van der Waals surface area contributed by atoms with Crippen LogP contribution in [0.5, 0.6) is 28.7 Å². The normalized spacial score (nSPS) is 39.1. The van der Waals surface area contributed by atoms with Gasteiger partial charge in [0.05, 0.1) is 154 Å². The Kier molecular flexibility index (Phi) is 42.4. The summed E-state index contributed by atoms with van der Waals surface area (Å²) in [6, 6.07) is 36.7. The number of hydrogen-bond donors (Lipinski definition) is 15. The predicted molar refractivity (Wildman–Crippen MR) is 493 cm³/mol. The van der Waals surface area contributed by atoms with Crippen molar-refractivity contribution in [2.45, 2.75) is 351 Å². The predicted octanol–water partition coefficient (Wildman–Crippen LogP) is 6.84. The first-order valence-corrected chi connectivity index (χ1v) is 47.5. The number of hydrogen-bond acceptors (Lipinski definition) is 33. The van der Waals surface area contributed by atoms with Gasteiger partial charge in [-0.15, -0.1) is 0 Å². The molecule has 5 aromatic rings. The summed E-state index contributed by atoms with van der Waals surface area (Å²) in [7, 11) is 8.24. The lowest BCUT2D eigenvalue weighted by molar-refractivity contribution is -0.323. The van der Waals surface area contributed by atoms with Gasteiger partial charge in [0.25, 0.3) is 0 Å². The third kappa shape index (κ3) is 28.0. The summed E-state index contributed by atoms with van der Waals surface area (Å²) in [6.45, 7) is 26.0. The maximum Gasteiger partial charge on any atom is 0.176 e. The van der Waals surface area contributed by atoms with Crippen molar-refractivity contribution in [2.75, 3.05) is 42.1 Å². The van der Waals surface area contributed by atoms with Gasteiger partial charge in [0.1, 0.15) is 95.9 Å². The van der Waals surface area contributed by atoms with Crippen molar-refractivity contribution in [1.29, 1.82) is 0 Å². The fourth-order valence-electron chi connectivity index (χ4n) is 19.6. The smallest absolute Gasteiger partial charge is 0.176 e. The molecule has 33 heteroatoms. The number of methoxy groups -OCH3 is 5. The Hall–Kier alpha value is -6.02. The Morgan fingerprint density at radius 1 is 0.263 bits per heavy atom. The number of ether oxygens (including phenoxy) is 18. The number of rotatable bonds is 32. The molecule has 0 bridgehead atoms. The highest BCUT2D eigenvalue weighted by atomic mass is 16.7. The Labute approximate surface area is 784 Å². The molecule has 8 aliphatic rings. The fourth-order valence-corrected chi connectivity index (χ4v) is 19.6. The zero-order chi connectivity index (χ0) is 96.9. The second-order valence-corrected chi connectivity index (χ2v) is 37.8. The highest BCUT2D eigenvalue weighted by Crippen LogP contribution is 2.44. The van der Waals surface area contributed by atoms with Crippen LogP contribution in [0.1, 0.15) is 156 Å². The van der Waals surface area contributed by atoms with Gasteiger partial charge in [-0.3, -0.25) is 0 Å². The first kappa shape index (κ1) is 109. The quantitative estimate of drug-likeness (QED) is 0.0209. The van der Waals surface area contributed by atoms with Crippen LogP contribution in [0.15, 0.2) is 121 Å². The second kappa shape index (κ2) is 51.8. The third-order valence-electron chi connectivity index (χ3n) is 28.0. The van der Waals surface area contributed by atoms with E-state index in [1.807, 2.05) is 156 Å². The molecular formula is C100H156N4O29. The van der Waals surface area contributed by atoms with Crippen LogP contribution in [0.4, 0.5) is 0 Å². The van der Waals surface area contributed by atoms with Crippen LogP contribution in [0.25, 0.3) is 0 Å². The molecule has 4 aliphatic heterocycles. The van der Waals surface area contributed by atoms with Crippen LogP contribution in [0.2, 0.25) is 0 Å². The van der Waals surface area contributed by atoms with E-state index < -0.39 is 165 Å². The lowest BCUT2D eigenvalue weighted by Crippen LogP contribution is -2.67. The van der Waals surface area contributed by atoms with Crippen molar-refractivity contribution in [1.82, 2.24) is 0 Å². The first-order chi connectivity index (χ1) is 63.5. The van der Waals surface area contributed by atoms with E-state index in [4.69, 9.17) is 108 Å². The van der Waals surface area contributed by atoms with Crippen LogP contribution in [-0.4, -0.2) is 288 Å². The summed E-state index contributed by atoms with van der Waals surface area (Å²) < 4.78 is 108. The lowest BCUT2D eigenvalue weighted by Gasteiger charge is -2.48. The molecular weight excluding hydrogens is 1720 g/mol. The minimum absolute atomic E-state index is 0.0188. The molecule has 40 atom stereocenters. The van der Waals surface area contributed by atoms with Gasteiger partial charge in [-0.2, -0.15) is 0 Å². The molecule has 0 aromatic heterocycles. The average Bonchev–Trinajstić information content (AvgIpc) is 0.781. The molecule has 8 fully saturated rings. The molecule has 0 spiro atoms. The van der Waals surface area contributed by atoms with E-state index in [1.54, 1.807) is 42.5 Å². The minimum atomic E-state index is -1.31. The number of aliphatic hydroxyl groups is 11. The Morgan fingerprint density at radius 3 is 0.932 bits per heavy atom. The molecule has 4 aliphatic carbocycles.